The van der Waals surface area contributed by atoms with Crippen LogP contribution >= 0.6 is 34.8 Å². The van der Waals surface area contributed by atoms with Crippen molar-refractivity contribution in [2.45, 2.75) is 20.5 Å². The van der Waals surface area contributed by atoms with Crippen molar-refractivity contribution in [2.75, 3.05) is 0 Å². The first-order valence-electron chi connectivity index (χ1n) is 6.69. The molecule has 2 atom stereocenters. The van der Waals surface area contributed by atoms with Crippen molar-refractivity contribution < 1.29 is 27.1 Å². The molecular weight excluding hydrogens is 395 g/mol. The zero-order valence-corrected chi connectivity index (χ0v) is 14.7. The van der Waals surface area contributed by atoms with Crippen molar-refractivity contribution in [2.24, 2.45) is 17.3 Å². The number of hydrogen-bond acceptors (Lipinski definition) is 2. The average molecular weight is 406 g/mol. The molecule has 2 nitrogen and oxygen atoms in total. The molecule has 0 saturated heterocycles. The summed E-state index contributed by atoms with van der Waals surface area (Å²) >= 11 is 16.2. The Morgan fingerprint density at radius 3 is 2.08 bits per heavy atom. The van der Waals surface area contributed by atoms with Gasteiger partial charge in [0.05, 0.1) is 11.5 Å². The van der Waals surface area contributed by atoms with E-state index in [1.807, 2.05) is 0 Å². The molecule has 1 saturated carbocycles. The minimum atomic E-state index is -1.75. The van der Waals surface area contributed by atoms with Crippen LogP contribution in [0.1, 0.15) is 19.4 Å². The summed E-state index contributed by atoms with van der Waals surface area (Å²) in [5, 5.41) is -1.30. The van der Waals surface area contributed by atoms with E-state index in [2.05, 4.69) is 0 Å². The van der Waals surface area contributed by atoms with Crippen LogP contribution in [-0.2, 0) is 16.1 Å². The van der Waals surface area contributed by atoms with Crippen molar-refractivity contribution >= 4 is 40.8 Å². The average Bonchev–Trinajstić information content (AvgIpc) is 3.02. The van der Waals surface area contributed by atoms with Crippen molar-refractivity contribution in [3.05, 3.63) is 44.4 Å². The molecule has 0 radical (unpaired) electrons. The second-order valence-electron chi connectivity index (χ2n) is 5.94. The number of carbonyl (C=O) groups is 1. The number of halogens is 7. The van der Waals surface area contributed by atoms with Gasteiger partial charge < -0.3 is 4.74 Å². The molecule has 1 aliphatic rings. The smallest absolute Gasteiger partial charge is 0.310 e. The van der Waals surface area contributed by atoms with Crippen LogP contribution in [0.4, 0.5) is 17.6 Å². The molecule has 1 aliphatic carbocycles. The molecule has 0 heterocycles. The second-order valence-corrected chi connectivity index (χ2v) is 7.32. The first-order valence-corrected chi connectivity index (χ1v) is 7.83. The number of benzene rings is 1. The zero-order valence-electron chi connectivity index (χ0n) is 12.4. The standard InChI is InChI=1S/C15H11Cl3F4O2/c1-15(2)6(3-7(16)17)8(15)14(23)24-4-5-10(19)12(21)9(18)13(22)11(5)20/h3,6,8H,4H2,1-2H3/t6-,8+/m1/s1. The highest BCUT2D eigenvalue weighted by Gasteiger charge is 2.61. The van der Waals surface area contributed by atoms with Gasteiger partial charge in [0.2, 0.25) is 0 Å². The van der Waals surface area contributed by atoms with Gasteiger partial charge in [0, 0.05) is 0 Å². The van der Waals surface area contributed by atoms with E-state index in [1.165, 1.54) is 6.08 Å². The third-order valence-electron chi connectivity index (χ3n) is 4.13. The quantitative estimate of drug-likeness (QED) is 0.285. The van der Waals surface area contributed by atoms with E-state index in [-0.39, 0.29) is 10.4 Å². The van der Waals surface area contributed by atoms with Crippen LogP contribution in [0.3, 0.4) is 0 Å². The normalized spacial score (nSPS) is 21.4. The Morgan fingerprint density at radius 1 is 1.12 bits per heavy atom. The zero-order chi connectivity index (χ0) is 18.4. The molecule has 0 spiro atoms. The summed E-state index contributed by atoms with van der Waals surface area (Å²) in [6, 6.07) is 0. The number of esters is 1. The Balaban J connectivity index is 2.16. The van der Waals surface area contributed by atoms with Crippen molar-refractivity contribution in [3.8, 4) is 0 Å². The fraction of sp³-hybridized carbons (Fsp3) is 0.400. The topological polar surface area (TPSA) is 26.3 Å². The van der Waals surface area contributed by atoms with Crippen LogP contribution < -0.4 is 0 Å². The van der Waals surface area contributed by atoms with Gasteiger partial charge in [-0.15, -0.1) is 0 Å². The van der Waals surface area contributed by atoms with Gasteiger partial charge in [0.25, 0.3) is 0 Å². The lowest BCUT2D eigenvalue weighted by Crippen LogP contribution is -2.13. The van der Waals surface area contributed by atoms with Crippen molar-refractivity contribution in [1.82, 2.24) is 0 Å². The van der Waals surface area contributed by atoms with Crippen LogP contribution in [0, 0.1) is 40.5 Å². The maximum Gasteiger partial charge on any atom is 0.310 e. The van der Waals surface area contributed by atoms with E-state index in [0.29, 0.717) is 0 Å². The monoisotopic (exact) mass is 404 g/mol. The first kappa shape index (κ1) is 19.3. The lowest BCUT2D eigenvalue weighted by atomic mass is 10.1. The molecule has 1 aromatic carbocycles. The van der Waals surface area contributed by atoms with E-state index < -0.39 is 57.8 Å². The molecule has 0 unspecified atom stereocenters. The van der Waals surface area contributed by atoms with Crippen LogP contribution in [0.15, 0.2) is 10.6 Å². The molecule has 1 fully saturated rings. The number of carbonyl (C=O) groups excluding carboxylic acids is 1. The number of hydrogen-bond donors (Lipinski definition) is 0. The third-order valence-corrected chi connectivity index (χ3v) is 4.71. The highest BCUT2D eigenvalue weighted by Crippen LogP contribution is 2.60. The summed E-state index contributed by atoms with van der Waals surface area (Å²) in [6.07, 6.45) is 1.46. The predicted molar refractivity (Wildman–Crippen MR) is 81.6 cm³/mol. The molecule has 0 N–H and O–H groups in total. The van der Waals surface area contributed by atoms with Gasteiger partial charge in [-0.1, -0.05) is 48.7 Å². The molecular formula is C15H11Cl3F4O2. The number of ether oxygens (including phenoxy) is 1. The summed E-state index contributed by atoms with van der Waals surface area (Å²) in [4.78, 5) is 12.0. The van der Waals surface area contributed by atoms with Crippen molar-refractivity contribution in [1.29, 1.82) is 0 Å². The Kier molecular flexibility index (Phi) is 5.43. The molecule has 0 bridgehead atoms. The summed E-state index contributed by atoms with van der Waals surface area (Å²) in [5.41, 5.74) is -1.57. The lowest BCUT2D eigenvalue weighted by Gasteiger charge is -2.10. The predicted octanol–water partition coefficient (Wildman–Crippen LogP) is 5.53. The van der Waals surface area contributed by atoms with Crippen LogP contribution in [0.25, 0.3) is 0 Å². The first-order chi connectivity index (χ1) is 11.0. The molecule has 0 aromatic heterocycles. The van der Waals surface area contributed by atoms with E-state index in [1.54, 1.807) is 13.8 Å². The minimum absolute atomic E-state index is 0.0256. The van der Waals surface area contributed by atoms with Gasteiger partial charge in [-0.25, -0.2) is 17.6 Å². The Labute approximate surface area is 150 Å². The maximum atomic E-state index is 13.7. The third kappa shape index (κ3) is 3.37. The molecule has 1 aromatic rings. The van der Waals surface area contributed by atoms with Gasteiger partial charge in [0.1, 0.15) is 16.1 Å². The number of allylic oxidation sites excluding steroid dienone is 1. The van der Waals surface area contributed by atoms with Crippen LogP contribution in [-0.4, -0.2) is 5.97 Å². The molecule has 2 rings (SSSR count). The van der Waals surface area contributed by atoms with E-state index in [9.17, 15) is 22.4 Å². The fourth-order valence-electron chi connectivity index (χ4n) is 2.58. The van der Waals surface area contributed by atoms with Gasteiger partial charge in [-0.05, 0) is 17.4 Å². The Morgan fingerprint density at radius 2 is 1.62 bits per heavy atom. The van der Waals surface area contributed by atoms with E-state index in [4.69, 9.17) is 39.5 Å². The fourth-order valence-corrected chi connectivity index (χ4v) is 3.02. The van der Waals surface area contributed by atoms with Crippen LogP contribution in [0.2, 0.25) is 5.02 Å². The lowest BCUT2D eigenvalue weighted by molar-refractivity contribution is -0.147. The highest BCUT2D eigenvalue weighted by molar-refractivity contribution is 6.55. The molecule has 9 heteroatoms. The van der Waals surface area contributed by atoms with Gasteiger partial charge in [0.15, 0.2) is 23.3 Å². The molecule has 0 amide bonds. The maximum absolute atomic E-state index is 13.7. The van der Waals surface area contributed by atoms with E-state index in [0.717, 1.165) is 0 Å². The molecule has 0 aliphatic heterocycles. The second kappa shape index (κ2) is 6.73. The highest BCUT2D eigenvalue weighted by atomic mass is 35.5. The Hall–Kier alpha value is -0.980. The Bertz CT molecular complexity index is 701. The largest absolute Gasteiger partial charge is 0.460 e. The minimum Gasteiger partial charge on any atom is -0.460 e. The SMILES string of the molecule is CC1(C)[C@H](C=C(Cl)Cl)[C@H]1C(=O)OCc1c(F)c(F)c(Cl)c(F)c1F. The van der Waals surface area contributed by atoms with Gasteiger partial charge in [-0.2, -0.15) is 0 Å². The summed E-state index contributed by atoms with van der Waals surface area (Å²) < 4.78 is 58.8. The van der Waals surface area contributed by atoms with Crippen molar-refractivity contribution in [3.63, 3.8) is 0 Å². The number of rotatable bonds is 4. The summed E-state index contributed by atoms with van der Waals surface area (Å²) in [5.74, 6) is -8.65. The molecule has 132 valence electrons. The molecule has 24 heavy (non-hydrogen) atoms. The summed E-state index contributed by atoms with van der Waals surface area (Å²) in [7, 11) is 0. The summed E-state index contributed by atoms with van der Waals surface area (Å²) in [6.45, 7) is 2.53. The van der Waals surface area contributed by atoms with E-state index >= 15 is 0 Å². The van der Waals surface area contributed by atoms with Gasteiger partial charge in [-0.3, -0.25) is 4.79 Å². The van der Waals surface area contributed by atoms with Gasteiger partial charge >= 0.3 is 5.97 Å². The van der Waals surface area contributed by atoms with Crippen LogP contribution in [0.5, 0.6) is 0 Å².